The number of hydrogen-bond donors (Lipinski definition) is 1. The molecule has 20 heavy (non-hydrogen) atoms. The summed E-state index contributed by atoms with van der Waals surface area (Å²) in [6.07, 6.45) is 0. The summed E-state index contributed by atoms with van der Waals surface area (Å²) in [5.74, 6) is 0.840. The standard InChI is InChI=1S/C15H23N3O2/c1-4-16-10-12-5-6-14(20-3)13(9-12)11-18-8-7-17(2)15(18)19/h5-6,9,16H,4,7-8,10-11H2,1-3H3. The summed E-state index contributed by atoms with van der Waals surface area (Å²) in [5, 5.41) is 3.31. The van der Waals surface area contributed by atoms with Crippen molar-refractivity contribution in [2.75, 3.05) is 33.8 Å². The van der Waals surface area contributed by atoms with E-state index in [0.717, 1.165) is 37.5 Å². The van der Waals surface area contributed by atoms with Crippen molar-refractivity contribution in [3.05, 3.63) is 29.3 Å². The van der Waals surface area contributed by atoms with Crippen LogP contribution in [0.1, 0.15) is 18.1 Å². The Morgan fingerprint density at radius 1 is 1.35 bits per heavy atom. The van der Waals surface area contributed by atoms with Gasteiger partial charge in [0.15, 0.2) is 0 Å². The zero-order valence-corrected chi connectivity index (χ0v) is 12.5. The molecule has 0 saturated carbocycles. The molecular weight excluding hydrogens is 254 g/mol. The second-order valence-electron chi connectivity index (χ2n) is 5.05. The summed E-state index contributed by atoms with van der Waals surface area (Å²) in [5.41, 5.74) is 2.27. The van der Waals surface area contributed by atoms with Crippen LogP contribution in [0.25, 0.3) is 0 Å². The van der Waals surface area contributed by atoms with Crippen LogP contribution in [0.4, 0.5) is 4.79 Å². The van der Waals surface area contributed by atoms with Crippen molar-refractivity contribution >= 4 is 6.03 Å². The largest absolute Gasteiger partial charge is 0.496 e. The molecule has 1 aliphatic heterocycles. The third kappa shape index (κ3) is 3.22. The fourth-order valence-corrected chi connectivity index (χ4v) is 2.39. The van der Waals surface area contributed by atoms with Gasteiger partial charge >= 0.3 is 6.03 Å². The number of ether oxygens (including phenoxy) is 1. The predicted octanol–water partition coefficient (Wildman–Crippen LogP) is 1.67. The molecule has 1 aliphatic rings. The summed E-state index contributed by atoms with van der Waals surface area (Å²) in [4.78, 5) is 15.6. The van der Waals surface area contributed by atoms with Crippen molar-refractivity contribution in [2.24, 2.45) is 0 Å². The highest BCUT2D eigenvalue weighted by Gasteiger charge is 2.25. The number of benzene rings is 1. The minimum absolute atomic E-state index is 0.0872. The van der Waals surface area contributed by atoms with Gasteiger partial charge in [0.2, 0.25) is 0 Å². The van der Waals surface area contributed by atoms with Crippen LogP contribution in [-0.2, 0) is 13.1 Å². The normalized spacial score (nSPS) is 15.1. The number of methoxy groups -OCH3 is 1. The lowest BCUT2D eigenvalue weighted by molar-refractivity contribution is 0.196. The third-order valence-electron chi connectivity index (χ3n) is 3.59. The maximum atomic E-state index is 12.0. The number of carbonyl (C=O) groups excluding carboxylic acids is 1. The molecule has 2 rings (SSSR count). The van der Waals surface area contributed by atoms with Crippen LogP contribution in [-0.4, -0.2) is 49.6 Å². The summed E-state index contributed by atoms with van der Waals surface area (Å²) < 4.78 is 5.41. The molecule has 1 aromatic rings. The second kappa shape index (κ2) is 6.61. The number of likely N-dealkylation sites (N-methyl/N-ethyl adjacent to an activating group) is 1. The van der Waals surface area contributed by atoms with Crippen molar-refractivity contribution in [1.82, 2.24) is 15.1 Å². The molecule has 0 unspecified atom stereocenters. The van der Waals surface area contributed by atoms with Gasteiger partial charge < -0.3 is 19.9 Å². The molecule has 5 nitrogen and oxygen atoms in total. The van der Waals surface area contributed by atoms with Crippen LogP contribution in [0.15, 0.2) is 18.2 Å². The third-order valence-corrected chi connectivity index (χ3v) is 3.59. The van der Waals surface area contributed by atoms with E-state index >= 15 is 0 Å². The Bertz CT molecular complexity index is 476. The molecule has 0 aromatic heterocycles. The van der Waals surface area contributed by atoms with Crippen molar-refractivity contribution in [3.63, 3.8) is 0 Å². The highest BCUT2D eigenvalue weighted by molar-refractivity contribution is 5.76. The average Bonchev–Trinajstić information content (AvgIpc) is 2.77. The van der Waals surface area contributed by atoms with Gasteiger partial charge in [0.05, 0.1) is 13.7 Å². The van der Waals surface area contributed by atoms with Gasteiger partial charge in [0.25, 0.3) is 0 Å². The highest BCUT2D eigenvalue weighted by Crippen LogP contribution is 2.23. The van der Waals surface area contributed by atoms with E-state index in [2.05, 4.69) is 24.4 Å². The Morgan fingerprint density at radius 2 is 2.15 bits per heavy atom. The summed E-state index contributed by atoms with van der Waals surface area (Å²) in [6.45, 7) is 6.03. The Hall–Kier alpha value is -1.75. The first kappa shape index (κ1) is 14.7. The Balaban J connectivity index is 2.13. The average molecular weight is 277 g/mol. The first-order chi connectivity index (χ1) is 9.65. The molecular formula is C15H23N3O2. The van der Waals surface area contributed by atoms with Crippen molar-refractivity contribution in [3.8, 4) is 5.75 Å². The molecule has 0 bridgehead atoms. The van der Waals surface area contributed by atoms with Crippen LogP contribution in [0.5, 0.6) is 5.75 Å². The lowest BCUT2D eigenvalue weighted by Gasteiger charge is -2.18. The maximum Gasteiger partial charge on any atom is 0.320 e. The fourth-order valence-electron chi connectivity index (χ4n) is 2.39. The monoisotopic (exact) mass is 277 g/mol. The molecule has 1 aromatic carbocycles. The predicted molar refractivity (Wildman–Crippen MR) is 78.8 cm³/mol. The molecule has 1 saturated heterocycles. The second-order valence-corrected chi connectivity index (χ2v) is 5.05. The summed E-state index contributed by atoms with van der Waals surface area (Å²) in [7, 11) is 3.50. The highest BCUT2D eigenvalue weighted by atomic mass is 16.5. The summed E-state index contributed by atoms with van der Waals surface area (Å²) >= 11 is 0. The molecule has 0 atom stereocenters. The minimum Gasteiger partial charge on any atom is -0.496 e. The molecule has 110 valence electrons. The van der Waals surface area contributed by atoms with Gasteiger partial charge in [-0.05, 0) is 24.2 Å². The Labute approximate surface area is 120 Å². The molecule has 1 fully saturated rings. The van der Waals surface area contributed by atoms with Gasteiger partial charge in [-0.1, -0.05) is 13.0 Å². The molecule has 1 N–H and O–H groups in total. The van der Waals surface area contributed by atoms with Crippen molar-refractivity contribution < 1.29 is 9.53 Å². The van der Waals surface area contributed by atoms with E-state index in [1.807, 2.05) is 18.0 Å². The van der Waals surface area contributed by atoms with E-state index in [4.69, 9.17) is 4.74 Å². The first-order valence-electron chi connectivity index (χ1n) is 7.02. The van der Waals surface area contributed by atoms with Crippen LogP contribution in [0, 0.1) is 0 Å². The molecule has 2 amide bonds. The van der Waals surface area contributed by atoms with Gasteiger partial charge in [-0.15, -0.1) is 0 Å². The number of amides is 2. The van der Waals surface area contributed by atoms with Gasteiger partial charge in [-0.3, -0.25) is 0 Å². The van der Waals surface area contributed by atoms with E-state index in [-0.39, 0.29) is 6.03 Å². The maximum absolute atomic E-state index is 12.0. The number of carbonyl (C=O) groups is 1. The van der Waals surface area contributed by atoms with Crippen molar-refractivity contribution in [1.29, 1.82) is 0 Å². The Morgan fingerprint density at radius 3 is 2.75 bits per heavy atom. The number of nitrogens with one attached hydrogen (secondary N) is 1. The molecule has 0 radical (unpaired) electrons. The number of nitrogens with zero attached hydrogens (tertiary/aromatic N) is 2. The molecule has 5 heteroatoms. The van der Waals surface area contributed by atoms with Gasteiger partial charge in [0, 0.05) is 32.2 Å². The smallest absolute Gasteiger partial charge is 0.320 e. The number of rotatable bonds is 6. The fraction of sp³-hybridized carbons (Fsp3) is 0.533. The van der Waals surface area contributed by atoms with Crippen molar-refractivity contribution in [2.45, 2.75) is 20.0 Å². The number of hydrogen-bond acceptors (Lipinski definition) is 3. The lowest BCUT2D eigenvalue weighted by atomic mass is 10.1. The van der Waals surface area contributed by atoms with E-state index < -0.39 is 0 Å². The van der Waals surface area contributed by atoms with Gasteiger partial charge in [-0.2, -0.15) is 0 Å². The quantitative estimate of drug-likeness (QED) is 0.860. The first-order valence-corrected chi connectivity index (χ1v) is 7.02. The van der Waals surface area contributed by atoms with Crippen LogP contribution >= 0.6 is 0 Å². The topological polar surface area (TPSA) is 44.8 Å². The van der Waals surface area contributed by atoms with Crippen LogP contribution < -0.4 is 10.1 Å². The van der Waals surface area contributed by atoms with Crippen LogP contribution in [0.3, 0.4) is 0 Å². The molecule has 0 spiro atoms. The molecule has 1 heterocycles. The summed E-state index contributed by atoms with van der Waals surface area (Å²) in [6, 6.07) is 6.24. The minimum atomic E-state index is 0.0872. The van der Waals surface area contributed by atoms with E-state index in [1.54, 1.807) is 12.0 Å². The van der Waals surface area contributed by atoms with Crippen LogP contribution in [0.2, 0.25) is 0 Å². The lowest BCUT2D eigenvalue weighted by Crippen LogP contribution is -2.29. The zero-order chi connectivity index (χ0) is 14.5. The van der Waals surface area contributed by atoms with E-state index in [9.17, 15) is 4.79 Å². The Kier molecular flexibility index (Phi) is 4.84. The van der Waals surface area contributed by atoms with Gasteiger partial charge in [-0.25, -0.2) is 4.79 Å². The van der Waals surface area contributed by atoms with Gasteiger partial charge in [0.1, 0.15) is 5.75 Å². The van der Waals surface area contributed by atoms with E-state index in [1.165, 1.54) is 5.56 Å². The zero-order valence-electron chi connectivity index (χ0n) is 12.5. The molecule has 0 aliphatic carbocycles. The number of urea groups is 1. The van der Waals surface area contributed by atoms with E-state index in [0.29, 0.717) is 6.54 Å². The SMILES string of the molecule is CCNCc1ccc(OC)c(CN2CCN(C)C2=O)c1.